The Balaban J connectivity index is 2.06. The molecular weight excluding hydrogens is 340 g/mol. The lowest BCUT2D eigenvalue weighted by atomic mass is 10.1. The molecule has 0 unspecified atom stereocenters. The van der Waals surface area contributed by atoms with Gasteiger partial charge in [-0.15, -0.1) is 0 Å². The molecule has 2 N–H and O–H groups in total. The Morgan fingerprint density at radius 3 is 2.63 bits per heavy atom. The van der Waals surface area contributed by atoms with E-state index in [1.54, 1.807) is 25.4 Å². The van der Waals surface area contributed by atoms with Gasteiger partial charge in [0, 0.05) is 56.5 Å². The molecular formula is C21H30N4O2. The molecule has 1 amide bonds. The number of rotatable bonds is 10. The van der Waals surface area contributed by atoms with Gasteiger partial charge >= 0.3 is 0 Å². The van der Waals surface area contributed by atoms with Crippen LogP contribution in [0.15, 0.2) is 36.5 Å². The van der Waals surface area contributed by atoms with Crippen molar-refractivity contribution in [2.24, 2.45) is 0 Å². The lowest BCUT2D eigenvalue weighted by Crippen LogP contribution is -2.25. The molecule has 0 saturated carbocycles. The van der Waals surface area contributed by atoms with Crippen molar-refractivity contribution in [2.45, 2.75) is 27.2 Å². The van der Waals surface area contributed by atoms with Crippen LogP contribution in [0.2, 0.25) is 0 Å². The van der Waals surface area contributed by atoms with E-state index in [1.165, 1.54) is 5.69 Å². The van der Waals surface area contributed by atoms with Crippen LogP contribution < -0.4 is 15.5 Å². The molecule has 1 aromatic heterocycles. The van der Waals surface area contributed by atoms with Gasteiger partial charge in [-0.3, -0.25) is 4.79 Å². The van der Waals surface area contributed by atoms with Crippen molar-refractivity contribution in [2.75, 3.05) is 43.6 Å². The summed E-state index contributed by atoms with van der Waals surface area (Å²) in [5.74, 6) is 0.545. The number of benzene rings is 1. The monoisotopic (exact) mass is 370 g/mol. The summed E-state index contributed by atoms with van der Waals surface area (Å²) in [6.07, 6.45) is 2.43. The Labute approximate surface area is 161 Å². The molecule has 146 valence electrons. The zero-order valence-corrected chi connectivity index (χ0v) is 16.7. The third kappa shape index (κ3) is 5.96. The van der Waals surface area contributed by atoms with Crippen molar-refractivity contribution < 1.29 is 9.53 Å². The van der Waals surface area contributed by atoms with E-state index in [0.717, 1.165) is 30.8 Å². The zero-order chi connectivity index (χ0) is 19.6. The van der Waals surface area contributed by atoms with E-state index in [2.05, 4.69) is 59.5 Å². The predicted molar refractivity (Wildman–Crippen MR) is 111 cm³/mol. The third-order valence-corrected chi connectivity index (χ3v) is 4.43. The van der Waals surface area contributed by atoms with Crippen LogP contribution in [-0.2, 0) is 4.74 Å². The minimum atomic E-state index is -0.106. The van der Waals surface area contributed by atoms with E-state index in [-0.39, 0.29) is 5.91 Å². The molecule has 1 heterocycles. The minimum absolute atomic E-state index is 0.106. The average molecular weight is 370 g/mol. The lowest BCUT2D eigenvalue weighted by molar-refractivity contribution is 0.0948. The fourth-order valence-corrected chi connectivity index (χ4v) is 2.87. The number of carbonyl (C=O) groups is 1. The Bertz CT molecular complexity index is 745. The summed E-state index contributed by atoms with van der Waals surface area (Å²) >= 11 is 0. The number of ether oxygens (including phenoxy) is 1. The zero-order valence-electron chi connectivity index (χ0n) is 16.7. The number of carbonyl (C=O) groups excluding carboxylic acids is 1. The highest BCUT2D eigenvalue weighted by atomic mass is 16.5. The number of aromatic nitrogens is 1. The molecule has 6 nitrogen and oxygen atoms in total. The second kappa shape index (κ2) is 10.5. The van der Waals surface area contributed by atoms with Gasteiger partial charge in [0.05, 0.1) is 0 Å². The first-order chi connectivity index (χ1) is 13.1. The topological polar surface area (TPSA) is 66.5 Å². The predicted octanol–water partition coefficient (Wildman–Crippen LogP) is 3.75. The molecule has 0 aliphatic heterocycles. The number of anilines is 3. The molecule has 6 heteroatoms. The number of nitrogens with zero attached hydrogens (tertiary/aromatic N) is 2. The summed E-state index contributed by atoms with van der Waals surface area (Å²) in [6, 6.07) is 9.81. The number of methoxy groups -OCH3 is 1. The van der Waals surface area contributed by atoms with Crippen molar-refractivity contribution in [3.05, 3.63) is 47.7 Å². The number of aryl methyl sites for hydroxylation is 1. The first-order valence-corrected chi connectivity index (χ1v) is 9.44. The molecule has 1 aromatic carbocycles. The summed E-state index contributed by atoms with van der Waals surface area (Å²) in [6.45, 7) is 9.55. The number of hydrogen-bond donors (Lipinski definition) is 2. The lowest BCUT2D eigenvalue weighted by Gasteiger charge is -2.22. The summed E-state index contributed by atoms with van der Waals surface area (Å²) in [5, 5.41) is 6.21. The van der Waals surface area contributed by atoms with Crippen molar-refractivity contribution in [1.29, 1.82) is 0 Å². The van der Waals surface area contributed by atoms with Gasteiger partial charge < -0.3 is 20.3 Å². The summed E-state index contributed by atoms with van der Waals surface area (Å²) in [4.78, 5) is 18.9. The highest BCUT2D eigenvalue weighted by Crippen LogP contribution is 2.25. The molecule has 0 spiro atoms. The fraction of sp³-hybridized carbons (Fsp3) is 0.429. The van der Waals surface area contributed by atoms with Gasteiger partial charge in [0.15, 0.2) is 0 Å². The first kappa shape index (κ1) is 20.7. The SMILES string of the molecule is CCN(CC)c1ccc(Nc2cc(C(=O)NCCCOC)ccn2)c(C)c1. The van der Waals surface area contributed by atoms with Gasteiger partial charge in [-0.1, -0.05) is 0 Å². The van der Waals surface area contributed by atoms with Crippen LogP contribution in [0.5, 0.6) is 0 Å². The van der Waals surface area contributed by atoms with Crippen molar-refractivity contribution in [1.82, 2.24) is 10.3 Å². The van der Waals surface area contributed by atoms with Gasteiger partial charge in [0.1, 0.15) is 5.82 Å². The Morgan fingerprint density at radius 1 is 1.19 bits per heavy atom. The Hall–Kier alpha value is -2.60. The fourth-order valence-electron chi connectivity index (χ4n) is 2.87. The molecule has 0 bridgehead atoms. The molecule has 0 aliphatic rings. The Morgan fingerprint density at radius 2 is 1.96 bits per heavy atom. The minimum Gasteiger partial charge on any atom is -0.385 e. The Kier molecular flexibility index (Phi) is 8.07. The molecule has 2 rings (SSSR count). The maximum absolute atomic E-state index is 12.3. The van der Waals surface area contributed by atoms with Gasteiger partial charge in [0.25, 0.3) is 5.91 Å². The van der Waals surface area contributed by atoms with E-state index in [4.69, 9.17) is 4.74 Å². The summed E-state index contributed by atoms with van der Waals surface area (Å²) < 4.78 is 4.99. The molecule has 0 fully saturated rings. The molecule has 2 aromatic rings. The summed E-state index contributed by atoms with van der Waals surface area (Å²) in [7, 11) is 1.65. The molecule has 0 radical (unpaired) electrons. The second-order valence-corrected chi connectivity index (χ2v) is 6.33. The van der Waals surface area contributed by atoms with E-state index in [0.29, 0.717) is 24.5 Å². The van der Waals surface area contributed by atoms with Crippen molar-refractivity contribution in [3.8, 4) is 0 Å². The standard InChI is InChI=1S/C21H30N4O2/c1-5-25(6-2)18-8-9-19(16(3)14-18)24-20-15-17(10-12-22-20)21(26)23-11-7-13-27-4/h8-10,12,14-15H,5-7,11,13H2,1-4H3,(H,22,24)(H,23,26). The highest BCUT2D eigenvalue weighted by molar-refractivity contribution is 5.94. The largest absolute Gasteiger partial charge is 0.385 e. The number of hydrogen-bond acceptors (Lipinski definition) is 5. The third-order valence-electron chi connectivity index (χ3n) is 4.43. The number of pyridine rings is 1. The smallest absolute Gasteiger partial charge is 0.251 e. The van der Waals surface area contributed by atoms with Gasteiger partial charge in [-0.2, -0.15) is 0 Å². The maximum atomic E-state index is 12.3. The van der Waals surface area contributed by atoms with Crippen LogP contribution in [0, 0.1) is 6.92 Å². The van der Waals surface area contributed by atoms with E-state index in [9.17, 15) is 4.79 Å². The quantitative estimate of drug-likeness (QED) is 0.624. The molecule has 0 aliphatic carbocycles. The highest BCUT2D eigenvalue weighted by Gasteiger charge is 2.09. The van der Waals surface area contributed by atoms with Crippen LogP contribution in [0.3, 0.4) is 0 Å². The average Bonchev–Trinajstić information content (AvgIpc) is 2.68. The van der Waals surface area contributed by atoms with Crippen LogP contribution in [-0.4, -0.2) is 44.2 Å². The van der Waals surface area contributed by atoms with E-state index < -0.39 is 0 Å². The van der Waals surface area contributed by atoms with Crippen LogP contribution in [0.25, 0.3) is 0 Å². The first-order valence-electron chi connectivity index (χ1n) is 9.44. The van der Waals surface area contributed by atoms with Crippen molar-refractivity contribution >= 4 is 23.1 Å². The maximum Gasteiger partial charge on any atom is 0.251 e. The molecule has 0 saturated heterocycles. The van der Waals surface area contributed by atoms with E-state index in [1.807, 2.05) is 0 Å². The number of nitrogens with one attached hydrogen (secondary N) is 2. The van der Waals surface area contributed by atoms with Crippen molar-refractivity contribution in [3.63, 3.8) is 0 Å². The van der Waals surface area contributed by atoms with Gasteiger partial charge in [0.2, 0.25) is 0 Å². The summed E-state index contributed by atoms with van der Waals surface area (Å²) in [5.41, 5.74) is 3.91. The van der Waals surface area contributed by atoms with Crippen LogP contribution >= 0.6 is 0 Å². The normalized spacial score (nSPS) is 10.5. The van der Waals surface area contributed by atoms with Gasteiger partial charge in [-0.05, 0) is 63.1 Å². The molecule has 0 atom stereocenters. The van der Waals surface area contributed by atoms with E-state index >= 15 is 0 Å². The number of amides is 1. The molecule has 27 heavy (non-hydrogen) atoms. The second-order valence-electron chi connectivity index (χ2n) is 6.33. The van der Waals surface area contributed by atoms with Crippen LogP contribution in [0.1, 0.15) is 36.2 Å². The van der Waals surface area contributed by atoms with Crippen LogP contribution in [0.4, 0.5) is 17.2 Å². The van der Waals surface area contributed by atoms with Gasteiger partial charge in [-0.25, -0.2) is 4.98 Å².